The van der Waals surface area contributed by atoms with Crippen molar-refractivity contribution in [1.29, 1.82) is 0 Å². The molecular formula is C15H14N4O5. The van der Waals surface area contributed by atoms with Gasteiger partial charge in [-0.1, -0.05) is 12.1 Å². The van der Waals surface area contributed by atoms with E-state index in [1.165, 1.54) is 17.9 Å². The topological polar surface area (TPSA) is 116 Å². The molecule has 2 heterocycles. The number of carbonyl (C=O) groups excluding carboxylic acids is 1. The van der Waals surface area contributed by atoms with E-state index in [-0.39, 0.29) is 17.5 Å². The molecule has 0 amide bonds. The Bertz CT molecular complexity index is 825. The van der Waals surface area contributed by atoms with Gasteiger partial charge in [0.2, 0.25) is 5.95 Å². The van der Waals surface area contributed by atoms with Crippen molar-refractivity contribution in [2.24, 2.45) is 0 Å². The van der Waals surface area contributed by atoms with Gasteiger partial charge >= 0.3 is 11.9 Å². The van der Waals surface area contributed by atoms with Crippen molar-refractivity contribution in [1.82, 2.24) is 14.8 Å². The molecule has 0 unspecified atom stereocenters. The predicted octanol–water partition coefficient (Wildman–Crippen LogP) is 1.06. The van der Waals surface area contributed by atoms with Gasteiger partial charge in [-0.15, -0.1) is 5.10 Å². The Morgan fingerprint density at radius 1 is 1.25 bits per heavy atom. The Balaban J connectivity index is 2.07. The first-order chi connectivity index (χ1) is 11.5. The fraction of sp³-hybridized carbons (Fsp3) is 0.200. The number of ether oxygens (including phenoxy) is 2. The van der Waals surface area contributed by atoms with E-state index < -0.39 is 18.0 Å². The van der Waals surface area contributed by atoms with Crippen LogP contribution in [0.2, 0.25) is 0 Å². The minimum absolute atomic E-state index is 0.0490. The molecule has 1 aliphatic heterocycles. The van der Waals surface area contributed by atoms with Crippen molar-refractivity contribution in [3.05, 3.63) is 47.4 Å². The third-order valence-corrected chi connectivity index (χ3v) is 3.52. The molecule has 3 rings (SSSR count). The average Bonchev–Trinajstić information content (AvgIpc) is 3.04. The Labute approximate surface area is 136 Å². The summed E-state index contributed by atoms with van der Waals surface area (Å²) in [5.41, 5.74) is 0.714. The monoisotopic (exact) mass is 330 g/mol. The number of rotatable bonds is 4. The number of carboxylic acid groups (broad SMARTS) is 1. The molecule has 2 aromatic rings. The molecule has 1 atom stereocenters. The van der Waals surface area contributed by atoms with Crippen LogP contribution in [0.15, 0.2) is 36.0 Å². The van der Waals surface area contributed by atoms with Crippen LogP contribution in [0, 0.1) is 0 Å². The standard InChI is InChI=1S/C15H14N4O5/c1-23-9-5-3-8(4-6-9)11-7-10(13(20)21)16-15-17-12(14(22)24-2)18-19(11)15/h3-7,11H,1-2H3,(H,20,21)(H,16,17,18)/t11-/m0/s1. The van der Waals surface area contributed by atoms with Gasteiger partial charge in [0.05, 0.1) is 14.2 Å². The quantitative estimate of drug-likeness (QED) is 0.799. The lowest BCUT2D eigenvalue weighted by atomic mass is 10.0. The van der Waals surface area contributed by atoms with E-state index in [0.29, 0.717) is 5.75 Å². The number of methoxy groups -OCH3 is 2. The van der Waals surface area contributed by atoms with Crippen LogP contribution in [0.4, 0.5) is 5.95 Å². The third kappa shape index (κ3) is 2.67. The summed E-state index contributed by atoms with van der Waals surface area (Å²) in [7, 11) is 2.78. The van der Waals surface area contributed by atoms with Crippen LogP contribution in [-0.2, 0) is 9.53 Å². The molecule has 1 aromatic heterocycles. The number of aromatic nitrogens is 3. The fourth-order valence-corrected chi connectivity index (χ4v) is 2.33. The summed E-state index contributed by atoms with van der Waals surface area (Å²) in [5, 5.41) is 16.0. The van der Waals surface area contributed by atoms with Crippen LogP contribution >= 0.6 is 0 Å². The Morgan fingerprint density at radius 2 is 1.96 bits per heavy atom. The molecule has 0 radical (unpaired) electrons. The number of fused-ring (bicyclic) bond motifs is 1. The zero-order chi connectivity index (χ0) is 17.3. The Hall–Kier alpha value is -3.36. The zero-order valence-electron chi connectivity index (χ0n) is 12.9. The van der Waals surface area contributed by atoms with Crippen molar-refractivity contribution in [3.8, 4) is 5.75 Å². The lowest BCUT2D eigenvalue weighted by Crippen LogP contribution is -2.24. The highest BCUT2D eigenvalue weighted by atomic mass is 16.5. The predicted molar refractivity (Wildman–Crippen MR) is 81.8 cm³/mol. The largest absolute Gasteiger partial charge is 0.497 e. The number of allylic oxidation sites excluding steroid dienone is 1. The SMILES string of the molecule is COC(=O)c1nc2n(n1)[C@H](c1ccc(OC)cc1)C=C(C(=O)O)N2. The first-order valence-electron chi connectivity index (χ1n) is 6.94. The van der Waals surface area contributed by atoms with Gasteiger partial charge < -0.3 is 19.9 Å². The number of hydrogen-bond acceptors (Lipinski definition) is 7. The maximum Gasteiger partial charge on any atom is 0.378 e. The van der Waals surface area contributed by atoms with Gasteiger partial charge in [-0.05, 0) is 23.8 Å². The molecular weight excluding hydrogens is 316 g/mol. The maximum absolute atomic E-state index is 11.6. The van der Waals surface area contributed by atoms with Gasteiger partial charge in [0.15, 0.2) is 0 Å². The molecule has 0 saturated carbocycles. The smallest absolute Gasteiger partial charge is 0.378 e. The molecule has 0 aliphatic carbocycles. The number of carbonyl (C=O) groups is 2. The second-order valence-electron chi connectivity index (χ2n) is 4.92. The summed E-state index contributed by atoms with van der Waals surface area (Å²) in [5.74, 6) is -1.18. The number of nitrogens with one attached hydrogen (secondary N) is 1. The number of benzene rings is 1. The highest BCUT2D eigenvalue weighted by Gasteiger charge is 2.29. The van der Waals surface area contributed by atoms with E-state index >= 15 is 0 Å². The summed E-state index contributed by atoms with van der Waals surface area (Å²) < 4.78 is 11.2. The number of esters is 1. The van der Waals surface area contributed by atoms with Gasteiger partial charge in [0.1, 0.15) is 17.5 Å². The van der Waals surface area contributed by atoms with Crippen LogP contribution < -0.4 is 10.1 Å². The van der Waals surface area contributed by atoms with E-state index in [1.807, 2.05) is 0 Å². The number of aliphatic carboxylic acids is 1. The second kappa shape index (κ2) is 6.03. The van der Waals surface area contributed by atoms with Crippen molar-refractivity contribution in [2.75, 3.05) is 19.5 Å². The average molecular weight is 330 g/mol. The number of carboxylic acids is 1. The summed E-state index contributed by atoms with van der Waals surface area (Å²) in [6.07, 6.45) is 1.49. The second-order valence-corrected chi connectivity index (χ2v) is 4.92. The van der Waals surface area contributed by atoms with Crippen LogP contribution in [0.1, 0.15) is 22.2 Å². The molecule has 0 bridgehead atoms. The van der Waals surface area contributed by atoms with Gasteiger partial charge in [-0.3, -0.25) is 0 Å². The highest BCUT2D eigenvalue weighted by Crippen LogP contribution is 2.30. The minimum Gasteiger partial charge on any atom is -0.497 e. The Morgan fingerprint density at radius 3 is 2.54 bits per heavy atom. The lowest BCUT2D eigenvalue weighted by Gasteiger charge is -2.22. The van der Waals surface area contributed by atoms with E-state index in [0.717, 1.165) is 5.56 Å². The highest BCUT2D eigenvalue weighted by molar-refractivity contribution is 5.91. The van der Waals surface area contributed by atoms with E-state index in [4.69, 9.17) is 4.74 Å². The molecule has 9 nitrogen and oxygen atoms in total. The van der Waals surface area contributed by atoms with Crippen LogP contribution in [-0.4, -0.2) is 46.0 Å². The molecule has 1 aromatic carbocycles. The van der Waals surface area contributed by atoms with Crippen LogP contribution in [0.3, 0.4) is 0 Å². The molecule has 2 N–H and O–H groups in total. The molecule has 124 valence electrons. The minimum atomic E-state index is -1.14. The number of hydrogen-bond donors (Lipinski definition) is 2. The van der Waals surface area contributed by atoms with Gasteiger partial charge in [0.25, 0.3) is 5.82 Å². The van der Waals surface area contributed by atoms with Crippen molar-refractivity contribution in [2.45, 2.75) is 6.04 Å². The summed E-state index contributed by atoms with van der Waals surface area (Å²) >= 11 is 0. The molecule has 24 heavy (non-hydrogen) atoms. The van der Waals surface area contributed by atoms with Gasteiger partial charge in [0, 0.05) is 0 Å². The normalized spacial score (nSPS) is 15.8. The summed E-state index contributed by atoms with van der Waals surface area (Å²) in [4.78, 5) is 27.0. The lowest BCUT2D eigenvalue weighted by molar-refractivity contribution is -0.132. The zero-order valence-corrected chi connectivity index (χ0v) is 12.9. The molecule has 0 saturated heterocycles. The summed E-state index contributed by atoms with van der Waals surface area (Å²) in [6, 6.07) is 6.54. The first-order valence-corrected chi connectivity index (χ1v) is 6.94. The van der Waals surface area contributed by atoms with E-state index in [1.54, 1.807) is 31.4 Å². The number of anilines is 1. The van der Waals surface area contributed by atoms with Gasteiger partial charge in [-0.25, -0.2) is 14.3 Å². The summed E-state index contributed by atoms with van der Waals surface area (Å²) in [6.45, 7) is 0. The van der Waals surface area contributed by atoms with Crippen molar-refractivity contribution in [3.63, 3.8) is 0 Å². The molecule has 0 fully saturated rings. The molecule has 0 spiro atoms. The molecule has 9 heteroatoms. The van der Waals surface area contributed by atoms with Crippen LogP contribution in [0.25, 0.3) is 0 Å². The van der Waals surface area contributed by atoms with E-state index in [2.05, 4.69) is 20.1 Å². The van der Waals surface area contributed by atoms with Gasteiger partial charge in [-0.2, -0.15) is 4.98 Å². The first kappa shape index (κ1) is 15.5. The van der Waals surface area contributed by atoms with E-state index in [9.17, 15) is 14.7 Å². The third-order valence-electron chi connectivity index (χ3n) is 3.52. The number of nitrogens with zero attached hydrogens (tertiary/aromatic N) is 3. The van der Waals surface area contributed by atoms with Crippen molar-refractivity contribution >= 4 is 17.9 Å². The molecule has 1 aliphatic rings. The fourth-order valence-electron chi connectivity index (χ4n) is 2.33. The maximum atomic E-state index is 11.6. The van der Waals surface area contributed by atoms with Crippen molar-refractivity contribution < 1.29 is 24.2 Å². The van der Waals surface area contributed by atoms with Crippen LogP contribution in [0.5, 0.6) is 5.75 Å². The Kier molecular flexibility index (Phi) is 3.90.